The Kier molecular flexibility index (Phi) is 3.74. The predicted octanol–water partition coefficient (Wildman–Crippen LogP) is 4.33. The minimum Gasteiger partial charge on any atom is -0.487 e. The molecule has 0 atom stereocenters. The van der Waals surface area contributed by atoms with Crippen molar-refractivity contribution in [2.75, 3.05) is 0 Å². The number of para-hydroxylation sites is 1. The van der Waals surface area contributed by atoms with Crippen molar-refractivity contribution in [1.82, 2.24) is 4.98 Å². The van der Waals surface area contributed by atoms with Crippen LogP contribution >= 0.6 is 0 Å². The van der Waals surface area contributed by atoms with Gasteiger partial charge in [-0.25, -0.2) is 0 Å². The third-order valence-electron chi connectivity index (χ3n) is 3.07. The molecule has 20 heavy (non-hydrogen) atoms. The van der Waals surface area contributed by atoms with Crippen LogP contribution in [0.1, 0.15) is 5.69 Å². The highest BCUT2D eigenvalue weighted by Gasteiger charge is 2.05. The van der Waals surface area contributed by atoms with Gasteiger partial charge in [0, 0.05) is 11.8 Å². The van der Waals surface area contributed by atoms with Crippen LogP contribution in [-0.4, -0.2) is 4.98 Å². The second-order valence-corrected chi connectivity index (χ2v) is 4.47. The van der Waals surface area contributed by atoms with E-state index in [1.54, 1.807) is 6.20 Å². The van der Waals surface area contributed by atoms with Gasteiger partial charge in [-0.1, -0.05) is 54.6 Å². The molecule has 98 valence electrons. The Balaban J connectivity index is 1.84. The van der Waals surface area contributed by atoms with Crippen LogP contribution in [0.3, 0.4) is 0 Å². The lowest BCUT2D eigenvalue weighted by Crippen LogP contribution is -1.98. The standard InChI is InChI=1S/C18H15NO/c1-2-8-15(9-3-1)17-11-4-5-12-18(17)20-14-16-10-6-7-13-19-16/h1-13H,14H2. The van der Waals surface area contributed by atoms with Crippen LogP contribution in [0.15, 0.2) is 79.0 Å². The third kappa shape index (κ3) is 2.86. The van der Waals surface area contributed by atoms with Crippen molar-refractivity contribution in [3.05, 3.63) is 84.7 Å². The second-order valence-electron chi connectivity index (χ2n) is 4.47. The molecule has 0 unspecified atom stereocenters. The number of hydrogen-bond acceptors (Lipinski definition) is 2. The van der Waals surface area contributed by atoms with Crippen LogP contribution in [0.5, 0.6) is 5.75 Å². The fourth-order valence-electron chi connectivity index (χ4n) is 2.08. The number of hydrogen-bond donors (Lipinski definition) is 0. The molecule has 0 fully saturated rings. The van der Waals surface area contributed by atoms with E-state index in [0.717, 1.165) is 22.6 Å². The maximum Gasteiger partial charge on any atom is 0.130 e. The summed E-state index contributed by atoms with van der Waals surface area (Å²) in [5.41, 5.74) is 3.18. The molecule has 2 nitrogen and oxygen atoms in total. The largest absolute Gasteiger partial charge is 0.487 e. The zero-order valence-electron chi connectivity index (χ0n) is 11.1. The van der Waals surface area contributed by atoms with Crippen LogP contribution in [0, 0.1) is 0 Å². The van der Waals surface area contributed by atoms with Crippen molar-refractivity contribution >= 4 is 0 Å². The summed E-state index contributed by atoms with van der Waals surface area (Å²) in [5, 5.41) is 0. The highest BCUT2D eigenvalue weighted by Crippen LogP contribution is 2.29. The van der Waals surface area contributed by atoms with Crippen LogP contribution in [-0.2, 0) is 6.61 Å². The molecule has 0 bridgehead atoms. The molecule has 0 amide bonds. The van der Waals surface area contributed by atoms with E-state index in [4.69, 9.17) is 4.74 Å². The molecule has 0 aliphatic heterocycles. The highest BCUT2D eigenvalue weighted by atomic mass is 16.5. The molecule has 0 spiro atoms. The van der Waals surface area contributed by atoms with Gasteiger partial charge in [-0.05, 0) is 23.8 Å². The fourth-order valence-corrected chi connectivity index (χ4v) is 2.08. The first kappa shape index (κ1) is 12.4. The minimum absolute atomic E-state index is 0.477. The van der Waals surface area contributed by atoms with Crippen LogP contribution in [0.25, 0.3) is 11.1 Å². The molecule has 0 aliphatic carbocycles. The molecular weight excluding hydrogens is 246 g/mol. The van der Waals surface area contributed by atoms with E-state index in [-0.39, 0.29) is 0 Å². The van der Waals surface area contributed by atoms with Crippen molar-refractivity contribution in [3.8, 4) is 16.9 Å². The molecule has 0 aliphatic rings. The summed E-state index contributed by atoms with van der Waals surface area (Å²) >= 11 is 0. The molecule has 3 rings (SSSR count). The summed E-state index contributed by atoms with van der Waals surface area (Å²) in [6, 6.07) is 24.2. The summed E-state index contributed by atoms with van der Waals surface area (Å²) in [6.07, 6.45) is 1.78. The molecular formula is C18H15NO. The molecule has 1 heterocycles. The Hall–Kier alpha value is -2.61. The Labute approximate surface area is 118 Å². The predicted molar refractivity (Wildman–Crippen MR) is 80.4 cm³/mol. The van der Waals surface area contributed by atoms with Crippen LogP contribution in [0.2, 0.25) is 0 Å². The van der Waals surface area contributed by atoms with Gasteiger partial charge in [0.15, 0.2) is 0 Å². The van der Waals surface area contributed by atoms with E-state index in [0.29, 0.717) is 6.61 Å². The number of nitrogens with zero attached hydrogens (tertiary/aromatic N) is 1. The lowest BCUT2D eigenvalue weighted by atomic mass is 10.1. The van der Waals surface area contributed by atoms with Gasteiger partial charge in [0.2, 0.25) is 0 Å². The molecule has 0 radical (unpaired) electrons. The van der Waals surface area contributed by atoms with Crippen LogP contribution in [0.4, 0.5) is 0 Å². The van der Waals surface area contributed by atoms with Gasteiger partial charge in [-0.3, -0.25) is 4.98 Å². The quantitative estimate of drug-likeness (QED) is 0.697. The Morgan fingerprint density at radius 3 is 2.30 bits per heavy atom. The maximum atomic E-state index is 5.92. The number of pyridine rings is 1. The lowest BCUT2D eigenvalue weighted by molar-refractivity contribution is 0.302. The molecule has 0 N–H and O–H groups in total. The fraction of sp³-hybridized carbons (Fsp3) is 0.0556. The summed E-state index contributed by atoms with van der Waals surface area (Å²) in [5.74, 6) is 0.879. The molecule has 2 aromatic carbocycles. The van der Waals surface area contributed by atoms with Gasteiger partial charge < -0.3 is 4.74 Å². The van der Waals surface area contributed by atoms with E-state index in [1.165, 1.54) is 0 Å². The third-order valence-corrected chi connectivity index (χ3v) is 3.07. The summed E-state index contributed by atoms with van der Waals surface area (Å²) < 4.78 is 5.92. The van der Waals surface area contributed by atoms with E-state index < -0.39 is 0 Å². The van der Waals surface area contributed by atoms with Gasteiger partial charge in [0.1, 0.15) is 12.4 Å². The number of aromatic nitrogens is 1. The van der Waals surface area contributed by atoms with E-state index in [9.17, 15) is 0 Å². The van der Waals surface area contributed by atoms with E-state index >= 15 is 0 Å². The van der Waals surface area contributed by atoms with Gasteiger partial charge in [0.05, 0.1) is 5.69 Å². The Bertz CT molecular complexity index is 665. The van der Waals surface area contributed by atoms with Crippen molar-refractivity contribution < 1.29 is 4.74 Å². The zero-order chi connectivity index (χ0) is 13.6. The lowest BCUT2D eigenvalue weighted by Gasteiger charge is -2.11. The summed E-state index contributed by atoms with van der Waals surface area (Å²) in [4.78, 5) is 4.27. The van der Waals surface area contributed by atoms with Crippen molar-refractivity contribution in [1.29, 1.82) is 0 Å². The van der Waals surface area contributed by atoms with Crippen molar-refractivity contribution in [2.45, 2.75) is 6.61 Å². The first-order valence-corrected chi connectivity index (χ1v) is 6.60. The average Bonchev–Trinajstić information content (AvgIpc) is 2.55. The van der Waals surface area contributed by atoms with E-state index in [2.05, 4.69) is 23.2 Å². The Morgan fingerprint density at radius 1 is 0.750 bits per heavy atom. The van der Waals surface area contributed by atoms with Crippen LogP contribution < -0.4 is 4.74 Å². The van der Waals surface area contributed by atoms with Crippen molar-refractivity contribution in [3.63, 3.8) is 0 Å². The topological polar surface area (TPSA) is 22.1 Å². The summed E-state index contributed by atoms with van der Waals surface area (Å²) in [7, 11) is 0. The monoisotopic (exact) mass is 261 g/mol. The molecule has 1 aromatic heterocycles. The smallest absolute Gasteiger partial charge is 0.130 e. The highest BCUT2D eigenvalue weighted by molar-refractivity contribution is 5.70. The number of ether oxygens (including phenoxy) is 1. The number of benzene rings is 2. The minimum atomic E-state index is 0.477. The average molecular weight is 261 g/mol. The number of rotatable bonds is 4. The van der Waals surface area contributed by atoms with Gasteiger partial charge in [-0.15, -0.1) is 0 Å². The maximum absolute atomic E-state index is 5.92. The van der Waals surface area contributed by atoms with Crippen molar-refractivity contribution in [2.24, 2.45) is 0 Å². The van der Waals surface area contributed by atoms with Gasteiger partial charge in [-0.2, -0.15) is 0 Å². The second kappa shape index (κ2) is 6.02. The first-order chi connectivity index (χ1) is 9.93. The molecule has 0 saturated heterocycles. The van der Waals surface area contributed by atoms with Gasteiger partial charge in [0.25, 0.3) is 0 Å². The molecule has 0 saturated carbocycles. The first-order valence-electron chi connectivity index (χ1n) is 6.60. The zero-order valence-corrected chi connectivity index (χ0v) is 11.1. The van der Waals surface area contributed by atoms with Gasteiger partial charge >= 0.3 is 0 Å². The molecule has 3 aromatic rings. The Morgan fingerprint density at radius 2 is 1.50 bits per heavy atom. The SMILES string of the molecule is c1ccc(-c2ccccc2OCc2ccccn2)cc1. The normalized spacial score (nSPS) is 10.2. The molecule has 2 heteroatoms. The summed E-state index contributed by atoms with van der Waals surface area (Å²) in [6.45, 7) is 0.477. The van der Waals surface area contributed by atoms with E-state index in [1.807, 2.05) is 54.6 Å².